The first-order chi connectivity index (χ1) is 18.2. The van der Waals surface area contributed by atoms with E-state index in [4.69, 9.17) is 11.6 Å². The lowest BCUT2D eigenvalue weighted by Crippen LogP contribution is -2.03. The summed E-state index contributed by atoms with van der Waals surface area (Å²) in [6, 6.07) is 21.1. The maximum absolute atomic E-state index is 11.8. The van der Waals surface area contributed by atoms with Crippen molar-refractivity contribution in [3.05, 3.63) is 126 Å². The Labute approximate surface area is 219 Å². The Kier molecular flexibility index (Phi) is 7.54. The number of hydrogen-bond acceptors (Lipinski definition) is 9. The fourth-order valence-electron chi connectivity index (χ4n) is 3.47. The Balaban J connectivity index is 1.72. The van der Waals surface area contributed by atoms with E-state index < -0.39 is 26.1 Å². The lowest BCUT2D eigenvalue weighted by atomic mass is 10.1. The zero-order valence-corrected chi connectivity index (χ0v) is 20.0. The van der Waals surface area contributed by atoms with Gasteiger partial charge >= 0.3 is 0 Å². The molecule has 0 aliphatic heterocycles. The molecule has 12 nitrogen and oxygen atoms in total. The average molecular weight is 533 g/mol. The molecule has 0 amide bonds. The van der Waals surface area contributed by atoms with Gasteiger partial charge in [0.25, 0.3) is 17.1 Å². The second kappa shape index (κ2) is 11.1. The van der Waals surface area contributed by atoms with Gasteiger partial charge in [-0.2, -0.15) is 0 Å². The molecule has 0 atom stereocenters. The molecule has 4 aromatic rings. The van der Waals surface area contributed by atoms with Crippen molar-refractivity contribution in [3.63, 3.8) is 0 Å². The molecule has 0 fully saturated rings. The zero-order chi connectivity index (χ0) is 27.2. The summed E-state index contributed by atoms with van der Waals surface area (Å²) in [7, 11) is 0. The minimum atomic E-state index is -0.726. The first-order valence-corrected chi connectivity index (χ1v) is 11.2. The van der Waals surface area contributed by atoms with Gasteiger partial charge in [-0.1, -0.05) is 35.9 Å². The number of aliphatic imine (C=N–C) groups is 1. The summed E-state index contributed by atoms with van der Waals surface area (Å²) in [6.45, 7) is 0. The number of non-ortho nitro benzene ring substituents is 1. The van der Waals surface area contributed by atoms with E-state index in [0.29, 0.717) is 27.6 Å². The number of hydrogen-bond donors (Lipinski definition) is 2. The van der Waals surface area contributed by atoms with Gasteiger partial charge in [0.15, 0.2) is 0 Å². The van der Waals surface area contributed by atoms with E-state index in [2.05, 4.69) is 15.6 Å². The summed E-state index contributed by atoms with van der Waals surface area (Å²) >= 11 is 5.91. The molecule has 0 saturated heterocycles. The third-order valence-corrected chi connectivity index (χ3v) is 5.49. The minimum Gasteiger partial charge on any atom is -0.350 e. The van der Waals surface area contributed by atoms with Crippen molar-refractivity contribution < 1.29 is 14.8 Å². The van der Waals surface area contributed by atoms with Crippen molar-refractivity contribution in [1.82, 2.24) is 0 Å². The number of anilines is 4. The molecule has 190 valence electrons. The second-order valence-electron chi connectivity index (χ2n) is 7.79. The van der Waals surface area contributed by atoms with E-state index in [1.807, 2.05) is 0 Å². The number of para-hydroxylation sites is 2. The van der Waals surface area contributed by atoms with Gasteiger partial charge in [0.1, 0.15) is 11.4 Å². The van der Waals surface area contributed by atoms with Gasteiger partial charge in [-0.15, -0.1) is 0 Å². The van der Waals surface area contributed by atoms with Crippen LogP contribution in [0.3, 0.4) is 0 Å². The lowest BCUT2D eigenvalue weighted by Gasteiger charge is -2.13. The van der Waals surface area contributed by atoms with E-state index in [-0.39, 0.29) is 17.1 Å². The second-order valence-corrected chi connectivity index (χ2v) is 8.22. The summed E-state index contributed by atoms with van der Waals surface area (Å²) in [5.41, 5.74) is 0.595. The monoisotopic (exact) mass is 532 g/mol. The Morgan fingerprint density at radius 3 is 2.00 bits per heavy atom. The molecule has 4 rings (SSSR count). The maximum atomic E-state index is 11.8. The molecule has 0 spiro atoms. The fraction of sp³-hybridized carbons (Fsp3) is 0. The Hall–Kier alpha value is -5.36. The molecule has 0 radical (unpaired) electrons. The van der Waals surface area contributed by atoms with E-state index in [1.165, 1.54) is 30.5 Å². The van der Waals surface area contributed by atoms with Crippen LogP contribution in [0.5, 0.6) is 0 Å². The smallest absolute Gasteiger partial charge is 0.299 e. The molecule has 0 heterocycles. The number of nitro groups is 3. The molecular formula is C25H17ClN6O6. The summed E-state index contributed by atoms with van der Waals surface area (Å²) in [4.78, 5) is 36.9. The molecule has 0 bridgehead atoms. The third-order valence-electron chi connectivity index (χ3n) is 5.24. The number of nitrogens with one attached hydrogen (secondary N) is 2. The van der Waals surface area contributed by atoms with Crippen LogP contribution in [0.15, 0.2) is 89.9 Å². The number of nitro benzene ring substituents is 3. The van der Waals surface area contributed by atoms with Crippen LogP contribution in [-0.4, -0.2) is 21.0 Å². The standard InChI is InChI=1S/C25H17ClN6O6/c26-17-8-10-18(11-9-17)28-22-13-23(25(32(37)38)14-24(22)31(35)36)29-21-7-2-1-6-20(21)27-15-16-4-3-5-19(12-16)30(33)34/h1-15,28-29H. The van der Waals surface area contributed by atoms with Crippen LogP contribution in [0.4, 0.5) is 45.5 Å². The van der Waals surface area contributed by atoms with Gasteiger partial charge in [-0.25, -0.2) is 0 Å². The van der Waals surface area contributed by atoms with Crippen LogP contribution in [0.1, 0.15) is 5.56 Å². The highest BCUT2D eigenvalue weighted by Crippen LogP contribution is 2.40. The Morgan fingerprint density at radius 1 is 0.684 bits per heavy atom. The molecule has 0 unspecified atom stereocenters. The zero-order valence-electron chi connectivity index (χ0n) is 19.3. The van der Waals surface area contributed by atoms with Crippen molar-refractivity contribution >= 4 is 63.3 Å². The third kappa shape index (κ3) is 6.06. The van der Waals surface area contributed by atoms with Crippen molar-refractivity contribution in [2.75, 3.05) is 10.6 Å². The number of nitrogens with zero attached hydrogens (tertiary/aromatic N) is 4. The molecule has 13 heteroatoms. The minimum absolute atomic E-state index is 0.0167. The van der Waals surface area contributed by atoms with E-state index in [0.717, 1.165) is 6.07 Å². The number of rotatable bonds is 9. The average Bonchev–Trinajstić information content (AvgIpc) is 2.89. The van der Waals surface area contributed by atoms with Gasteiger partial charge in [0.2, 0.25) is 0 Å². The van der Waals surface area contributed by atoms with Crippen LogP contribution < -0.4 is 10.6 Å². The molecule has 2 N–H and O–H groups in total. The highest BCUT2D eigenvalue weighted by Gasteiger charge is 2.25. The predicted octanol–water partition coefficient (Wildman–Crippen LogP) is 7.30. The first kappa shape index (κ1) is 25.7. The van der Waals surface area contributed by atoms with E-state index in [1.54, 1.807) is 54.6 Å². The lowest BCUT2D eigenvalue weighted by molar-refractivity contribution is -0.393. The van der Waals surface area contributed by atoms with Crippen LogP contribution in [0.25, 0.3) is 0 Å². The summed E-state index contributed by atoms with van der Waals surface area (Å²) in [5, 5.41) is 40.8. The van der Waals surface area contributed by atoms with Crippen LogP contribution in [0.2, 0.25) is 5.02 Å². The quantitative estimate of drug-likeness (QED) is 0.128. The summed E-state index contributed by atoms with van der Waals surface area (Å²) in [5.74, 6) is 0. The van der Waals surface area contributed by atoms with Gasteiger partial charge in [0, 0.05) is 29.1 Å². The topological polar surface area (TPSA) is 166 Å². The van der Waals surface area contributed by atoms with Gasteiger partial charge in [-0.05, 0) is 48.0 Å². The normalized spacial score (nSPS) is 10.8. The molecule has 38 heavy (non-hydrogen) atoms. The summed E-state index contributed by atoms with van der Waals surface area (Å²) in [6.07, 6.45) is 1.42. The van der Waals surface area contributed by atoms with Crippen LogP contribution >= 0.6 is 11.6 Å². The van der Waals surface area contributed by atoms with E-state index in [9.17, 15) is 30.3 Å². The van der Waals surface area contributed by atoms with E-state index >= 15 is 0 Å². The number of benzene rings is 4. The van der Waals surface area contributed by atoms with Gasteiger partial charge in [-0.3, -0.25) is 35.3 Å². The van der Waals surface area contributed by atoms with Crippen molar-refractivity contribution in [2.45, 2.75) is 0 Å². The predicted molar refractivity (Wildman–Crippen MR) is 145 cm³/mol. The first-order valence-electron chi connectivity index (χ1n) is 10.9. The molecule has 0 aromatic heterocycles. The SMILES string of the molecule is O=[N+]([O-])c1cccc(C=Nc2ccccc2Nc2cc(Nc3ccc(Cl)cc3)c([N+](=O)[O-])cc2[N+](=O)[O-])c1. The van der Waals surface area contributed by atoms with Crippen molar-refractivity contribution in [1.29, 1.82) is 0 Å². The highest BCUT2D eigenvalue weighted by atomic mass is 35.5. The molecule has 4 aromatic carbocycles. The Bertz CT molecular complexity index is 1580. The largest absolute Gasteiger partial charge is 0.350 e. The summed E-state index contributed by atoms with van der Waals surface area (Å²) < 4.78 is 0. The molecule has 0 aliphatic rings. The van der Waals surface area contributed by atoms with Gasteiger partial charge in [0.05, 0.1) is 32.2 Å². The molecule has 0 saturated carbocycles. The van der Waals surface area contributed by atoms with Crippen LogP contribution in [-0.2, 0) is 0 Å². The Morgan fingerprint density at radius 2 is 1.34 bits per heavy atom. The van der Waals surface area contributed by atoms with Crippen LogP contribution in [0, 0.1) is 30.3 Å². The van der Waals surface area contributed by atoms with Gasteiger partial charge < -0.3 is 10.6 Å². The molecular weight excluding hydrogens is 516 g/mol. The fourth-order valence-corrected chi connectivity index (χ4v) is 3.59. The number of halogens is 1. The van der Waals surface area contributed by atoms with Crippen molar-refractivity contribution in [2.24, 2.45) is 4.99 Å². The molecule has 0 aliphatic carbocycles. The highest BCUT2D eigenvalue weighted by molar-refractivity contribution is 6.30. The van der Waals surface area contributed by atoms with Crippen molar-refractivity contribution in [3.8, 4) is 0 Å². The maximum Gasteiger partial charge on any atom is 0.299 e.